The molecular weight excluding hydrogens is 340 g/mol. The monoisotopic (exact) mass is 366 g/mol. The Morgan fingerprint density at radius 3 is 2.52 bits per heavy atom. The molecule has 0 spiro atoms. The van der Waals surface area contributed by atoms with Crippen LogP contribution in [-0.4, -0.2) is 44.2 Å². The number of carbonyl (C=O) groups is 1. The fraction of sp³-hybridized carbons (Fsp3) is 0.409. The number of benzene rings is 2. The maximum atomic E-state index is 13.0. The largest absolute Gasteiger partial charge is 0.496 e. The zero-order valence-corrected chi connectivity index (χ0v) is 15.8. The summed E-state index contributed by atoms with van der Waals surface area (Å²) in [4.78, 5) is 14.9. The van der Waals surface area contributed by atoms with Crippen molar-refractivity contribution in [1.82, 2.24) is 4.90 Å². The molecule has 2 aliphatic rings. The lowest BCUT2D eigenvalue weighted by Gasteiger charge is -2.28. The van der Waals surface area contributed by atoms with Crippen LogP contribution in [0.4, 0.5) is 11.4 Å². The van der Waals surface area contributed by atoms with Gasteiger partial charge in [-0.1, -0.05) is 12.1 Å². The molecule has 1 saturated heterocycles. The maximum Gasteiger partial charge on any atom is 0.256 e. The fourth-order valence-electron chi connectivity index (χ4n) is 4.00. The molecule has 5 heteroatoms. The number of nitrogens with one attached hydrogen (secondary N) is 1. The van der Waals surface area contributed by atoms with Crippen molar-refractivity contribution in [2.24, 2.45) is 0 Å². The molecule has 1 aliphatic heterocycles. The number of amides is 1. The summed E-state index contributed by atoms with van der Waals surface area (Å²) in [6.45, 7) is 2.50. The minimum absolute atomic E-state index is 0.0591. The first-order valence-corrected chi connectivity index (χ1v) is 9.70. The van der Waals surface area contributed by atoms with Gasteiger partial charge >= 0.3 is 0 Å². The Kier molecular flexibility index (Phi) is 5.30. The molecule has 2 aromatic rings. The second kappa shape index (κ2) is 8.01. The van der Waals surface area contributed by atoms with Crippen LogP contribution in [0.25, 0.3) is 0 Å². The zero-order valence-electron chi connectivity index (χ0n) is 15.8. The summed E-state index contributed by atoms with van der Waals surface area (Å²) in [5.74, 6) is 1.02. The standard InChI is InChI=1S/C22H26N2O3/c1-26-21-11-10-20(16-6-2-3-7-17(16)21)23-19-9-5-4-8-18(19)22(25)24-12-14-27-15-13-24/h4-5,8-11,23H,2-3,6-7,12-15H2,1H3. The molecule has 1 heterocycles. The molecule has 27 heavy (non-hydrogen) atoms. The van der Waals surface area contributed by atoms with Gasteiger partial charge in [-0.25, -0.2) is 0 Å². The van der Waals surface area contributed by atoms with Gasteiger partial charge in [0.15, 0.2) is 0 Å². The Labute approximate surface area is 160 Å². The number of morpholine rings is 1. The Morgan fingerprint density at radius 2 is 1.74 bits per heavy atom. The highest BCUT2D eigenvalue weighted by molar-refractivity contribution is 6.00. The van der Waals surface area contributed by atoms with Crippen LogP contribution in [0, 0.1) is 0 Å². The third-order valence-electron chi connectivity index (χ3n) is 5.44. The molecule has 0 bridgehead atoms. The number of methoxy groups -OCH3 is 1. The van der Waals surface area contributed by atoms with Gasteiger partial charge in [0.1, 0.15) is 5.75 Å². The van der Waals surface area contributed by atoms with Crippen molar-refractivity contribution in [2.45, 2.75) is 25.7 Å². The van der Waals surface area contributed by atoms with Crippen molar-refractivity contribution >= 4 is 17.3 Å². The van der Waals surface area contributed by atoms with Gasteiger partial charge < -0.3 is 19.7 Å². The number of hydrogen-bond donors (Lipinski definition) is 1. The molecular formula is C22H26N2O3. The number of fused-ring (bicyclic) bond motifs is 1. The van der Waals surface area contributed by atoms with Gasteiger partial charge in [-0.15, -0.1) is 0 Å². The van der Waals surface area contributed by atoms with E-state index in [4.69, 9.17) is 9.47 Å². The van der Waals surface area contributed by atoms with Crippen LogP contribution in [0.2, 0.25) is 0 Å². The van der Waals surface area contributed by atoms with E-state index in [1.54, 1.807) is 7.11 Å². The molecule has 2 aromatic carbocycles. The van der Waals surface area contributed by atoms with Crippen LogP contribution >= 0.6 is 0 Å². The molecule has 1 amide bonds. The smallest absolute Gasteiger partial charge is 0.256 e. The minimum atomic E-state index is 0.0591. The molecule has 5 nitrogen and oxygen atoms in total. The molecule has 142 valence electrons. The highest BCUT2D eigenvalue weighted by Gasteiger charge is 2.22. The van der Waals surface area contributed by atoms with Gasteiger partial charge in [-0.2, -0.15) is 0 Å². The molecule has 1 N–H and O–H groups in total. The van der Waals surface area contributed by atoms with E-state index in [9.17, 15) is 4.79 Å². The summed E-state index contributed by atoms with van der Waals surface area (Å²) >= 11 is 0. The number of hydrogen-bond acceptors (Lipinski definition) is 4. The predicted octanol–water partition coefficient (Wildman–Crippen LogP) is 3.79. The lowest BCUT2D eigenvalue weighted by atomic mass is 9.89. The average Bonchev–Trinajstić information content (AvgIpc) is 2.74. The summed E-state index contributed by atoms with van der Waals surface area (Å²) in [5.41, 5.74) is 5.25. The highest BCUT2D eigenvalue weighted by atomic mass is 16.5. The molecule has 1 aliphatic carbocycles. The van der Waals surface area contributed by atoms with Crippen molar-refractivity contribution < 1.29 is 14.3 Å². The Balaban J connectivity index is 1.65. The van der Waals surface area contributed by atoms with Crippen molar-refractivity contribution in [3.63, 3.8) is 0 Å². The van der Waals surface area contributed by atoms with Gasteiger partial charge in [-0.05, 0) is 61.1 Å². The van der Waals surface area contributed by atoms with Crippen LogP contribution in [-0.2, 0) is 17.6 Å². The van der Waals surface area contributed by atoms with Gasteiger partial charge in [0.05, 0.1) is 31.6 Å². The Bertz CT molecular complexity index is 828. The third-order valence-corrected chi connectivity index (χ3v) is 5.44. The quantitative estimate of drug-likeness (QED) is 0.894. The van der Waals surface area contributed by atoms with E-state index < -0.39 is 0 Å². The summed E-state index contributed by atoms with van der Waals surface area (Å²) in [7, 11) is 1.73. The molecule has 0 unspecified atom stereocenters. The SMILES string of the molecule is COc1ccc(Nc2ccccc2C(=O)N2CCOCC2)c2c1CCCC2. The van der Waals surface area contributed by atoms with Gasteiger partial charge in [0, 0.05) is 18.8 Å². The molecule has 1 fully saturated rings. The maximum absolute atomic E-state index is 13.0. The van der Waals surface area contributed by atoms with Crippen molar-refractivity contribution in [3.05, 3.63) is 53.1 Å². The first kappa shape index (κ1) is 17.9. The number of carbonyl (C=O) groups excluding carboxylic acids is 1. The van der Waals surface area contributed by atoms with Crippen LogP contribution in [0.15, 0.2) is 36.4 Å². The summed E-state index contributed by atoms with van der Waals surface area (Å²) in [5, 5.41) is 3.54. The number of para-hydroxylation sites is 1. The molecule has 0 saturated carbocycles. The number of anilines is 2. The average molecular weight is 366 g/mol. The van der Waals surface area contributed by atoms with Crippen LogP contribution in [0.1, 0.15) is 34.3 Å². The topological polar surface area (TPSA) is 50.8 Å². The Hall–Kier alpha value is -2.53. The minimum Gasteiger partial charge on any atom is -0.496 e. The van der Waals surface area contributed by atoms with Crippen molar-refractivity contribution in [3.8, 4) is 5.75 Å². The van der Waals surface area contributed by atoms with Crippen molar-refractivity contribution in [1.29, 1.82) is 0 Å². The van der Waals surface area contributed by atoms with E-state index in [0.29, 0.717) is 31.9 Å². The third kappa shape index (κ3) is 3.65. The predicted molar refractivity (Wildman–Crippen MR) is 106 cm³/mol. The molecule has 0 radical (unpaired) electrons. The van der Waals surface area contributed by atoms with Crippen LogP contribution in [0.3, 0.4) is 0 Å². The van der Waals surface area contributed by atoms with E-state index in [1.165, 1.54) is 24.0 Å². The Morgan fingerprint density at radius 1 is 1.00 bits per heavy atom. The number of ether oxygens (including phenoxy) is 2. The summed E-state index contributed by atoms with van der Waals surface area (Å²) in [6.07, 6.45) is 4.46. The first-order chi connectivity index (χ1) is 13.3. The first-order valence-electron chi connectivity index (χ1n) is 9.70. The molecule has 0 aromatic heterocycles. The molecule has 0 atom stereocenters. The molecule has 4 rings (SSSR count). The second-order valence-electron chi connectivity index (χ2n) is 7.05. The fourth-order valence-corrected chi connectivity index (χ4v) is 4.00. The van der Waals surface area contributed by atoms with Crippen LogP contribution < -0.4 is 10.1 Å². The number of nitrogens with zero attached hydrogens (tertiary/aromatic N) is 1. The number of rotatable bonds is 4. The zero-order chi connectivity index (χ0) is 18.6. The lowest BCUT2D eigenvalue weighted by Crippen LogP contribution is -2.40. The van der Waals surface area contributed by atoms with Crippen molar-refractivity contribution in [2.75, 3.05) is 38.7 Å². The highest BCUT2D eigenvalue weighted by Crippen LogP contribution is 2.36. The van der Waals surface area contributed by atoms with E-state index >= 15 is 0 Å². The second-order valence-corrected chi connectivity index (χ2v) is 7.05. The normalized spacial score (nSPS) is 16.6. The van der Waals surface area contributed by atoms with E-state index in [0.717, 1.165) is 30.0 Å². The summed E-state index contributed by atoms with van der Waals surface area (Å²) < 4.78 is 10.9. The lowest BCUT2D eigenvalue weighted by molar-refractivity contribution is 0.0303. The van der Waals surface area contributed by atoms with Gasteiger partial charge in [0.2, 0.25) is 0 Å². The van der Waals surface area contributed by atoms with Crippen LogP contribution in [0.5, 0.6) is 5.75 Å². The summed E-state index contributed by atoms with van der Waals surface area (Å²) in [6, 6.07) is 11.9. The van der Waals surface area contributed by atoms with E-state index in [1.807, 2.05) is 35.2 Å². The van der Waals surface area contributed by atoms with Gasteiger partial charge in [-0.3, -0.25) is 4.79 Å². The van der Waals surface area contributed by atoms with Gasteiger partial charge in [0.25, 0.3) is 5.91 Å². The van der Waals surface area contributed by atoms with E-state index in [2.05, 4.69) is 11.4 Å². The van der Waals surface area contributed by atoms with E-state index in [-0.39, 0.29) is 5.91 Å².